The predicted molar refractivity (Wildman–Crippen MR) is 144 cm³/mol. The number of rotatable bonds is 8. The van der Waals surface area contributed by atoms with Crippen LogP contribution in [0.1, 0.15) is 18.1 Å². The maximum Gasteiger partial charge on any atom is 0.224 e. The lowest BCUT2D eigenvalue weighted by molar-refractivity contribution is -0.120. The molecule has 1 aromatic carbocycles. The summed E-state index contributed by atoms with van der Waals surface area (Å²) in [5.74, 6) is 0.729. The molecule has 37 heavy (non-hydrogen) atoms. The van der Waals surface area contributed by atoms with Gasteiger partial charge in [0.1, 0.15) is 22.9 Å². The fourth-order valence-corrected chi connectivity index (χ4v) is 4.38. The van der Waals surface area contributed by atoms with Gasteiger partial charge in [-0.25, -0.2) is 9.97 Å². The van der Waals surface area contributed by atoms with Crippen LogP contribution in [-0.2, 0) is 24.2 Å². The third-order valence-corrected chi connectivity index (χ3v) is 6.27. The maximum absolute atomic E-state index is 13.2. The van der Waals surface area contributed by atoms with Crippen LogP contribution in [0.25, 0.3) is 33.7 Å². The minimum atomic E-state index is -0.212. The van der Waals surface area contributed by atoms with Crippen molar-refractivity contribution in [2.45, 2.75) is 26.3 Å². The molecule has 0 saturated carbocycles. The molecule has 0 saturated heterocycles. The number of H-pyrrole nitrogens is 1. The molecule has 0 radical (unpaired) electrons. The quantitative estimate of drug-likeness (QED) is 0.304. The number of benzene rings is 1. The Labute approximate surface area is 213 Å². The predicted octanol–water partition coefficient (Wildman–Crippen LogP) is 3.35. The van der Waals surface area contributed by atoms with E-state index in [-0.39, 0.29) is 11.3 Å². The van der Waals surface area contributed by atoms with Gasteiger partial charge in [-0.15, -0.1) is 0 Å². The highest BCUT2D eigenvalue weighted by atomic mass is 16.1. The first-order valence-electron chi connectivity index (χ1n) is 12.1. The van der Waals surface area contributed by atoms with Crippen LogP contribution in [0.4, 0.5) is 5.82 Å². The normalized spacial score (nSPS) is 11.1. The highest BCUT2D eigenvalue weighted by Crippen LogP contribution is 2.26. The summed E-state index contributed by atoms with van der Waals surface area (Å²) in [6.07, 6.45) is 7.81. The van der Waals surface area contributed by atoms with Crippen molar-refractivity contribution in [1.82, 2.24) is 29.8 Å². The van der Waals surface area contributed by atoms with Gasteiger partial charge in [0.2, 0.25) is 11.3 Å². The molecule has 0 bridgehead atoms. The Morgan fingerprint density at radius 1 is 1.08 bits per heavy atom. The second kappa shape index (κ2) is 10.4. The number of anilines is 1. The van der Waals surface area contributed by atoms with Gasteiger partial charge in [-0.1, -0.05) is 30.3 Å². The van der Waals surface area contributed by atoms with Crippen molar-refractivity contribution in [2.24, 2.45) is 0 Å². The van der Waals surface area contributed by atoms with Crippen LogP contribution in [-0.4, -0.2) is 37.0 Å². The van der Waals surface area contributed by atoms with Gasteiger partial charge in [0, 0.05) is 43.4 Å². The van der Waals surface area contributed by atoms with E-state index >= 15 is 0 Å². The second-order valence-electron chi connectivity index (χ2n) is 8.67. The van der Waals surface area contributed by atoms with Gasteiger partial charge < -0.3 is 20.6 Å². The van der Waals surface area contributed by atoms with Gasteiger partial charge in [0.15, 0.2) is 0 Å². The van der Waals surface area contributed by atoms with Gasteiger partial charge in [-0.05, 0) is 42.7 Å². The Kier molecular flexibility index (Phi) is 6.76. The number of amides is 1. The van der Waals surface area contributed by atoms with Crippen molar-refractivity contribution in [3.8, 4) is 22.6 Å². The number of carbonyl (C=O) groups excluding carboxylic acids is 1. The van der Waals surface area contributed by atoms with Crippen molar-refractivity contribution < 1.29 is 4.79 Å². The number of nitrogens with two attached hydrogens (primary N) is 1. The molecule has 5 rings (SSSR count). The summed E-state index contributed by atoms with van der Waals surface area (Å²) in [5, 5.41) is 3.43. The molecule has 0 fully saturated rings. The average Bonchev–Trinajstić information content (AvgIpc) is 3.44. The molecule has 0 aliphatic rings. The lowest BCUT2D eigenvalue weighted by atomic mass is 10.1. The SMILES string of the molecule is CCn1c(N)c(-c2ncc[nH]2)c(=O)c2ccc(-c3ccc(CC(=O)NCCc4cccnc4)cc3)nc21. The molecule has 1 amide bonds. The van der Waals surface area contributed by atoms with E-state index in [0.717, 1.165) is 23.1 Å². The number of nitrogens with one attached hydrogen (secondary N) is 2. The largest absolute Gasteiger partial charge is 0.384 e. The van der Waals surface area contributed by atoms with E-state index in [0.29, 0.717) is 53.4 Å². The number of aryl methyl sites for hydroxylation is 1. The molecule has 4 heterocycles. The average molecular weight is 494 g/mol. The summed E-state index contributed by atoms with van der Waals surface area (Å²) in [5.41, 5.74) is 10.6. The van der Waals surface area contributed by atoms with Crippen molar-refractivity contribution in [3.63, 3.8) is 0 Å². The molecule has 0 atom stereocenters. The molecule has 0 aliphatic carbocycles. The van der Waals surface area contributed by atoms with E-state index in [2.05, 4.69) is 20.3 Å². The number of hydrogen-bond donors (Lipinski definition) is 3. The fourth-order valence-electron chi connectivity index (χ4n) is 4.38. The van der Waals surface area contributed by atoms with Crippen LogP contribution in [0.2, 0.25) is 0 Å². The summed E-state index contributed by atoms with van der Waals surface area (Å²) in [7, 11) is 0. The van der Waals surface area contributed by atoms with Crippen LogP contribution in [0, 0.1) is 0 Å². The summed E-state index contributed by atoms with van der Waals surface area (Å²) >= 11 is 0. The number of imidazole rings is 1. The van der Waals surface area contributed by atoms with Gasteiger partial charge in [0.25, 0.3) is 0 Å². The van der Waals surface area contributed by atoms with E-state index in [9.17, 15) is 9.59 Å². The number of hydrogen-bond acceptors (Lipinski definition) is 6. The van der Waals surface area contributed by atoms with E-state index in [1.54, 1.807) is 30.9 Å². The molecule has 0 aliphatic heterocycles. The number of pyridine rings is 3. The number of nitrogen functional groups attached to an aromatic ring is 1. The zero-order valence-corrected chi connectivity index (χ0v) is 20.4. The highest BCUT2D eigenvalue weighted by Gasteiger charge is 2.19. The molecular weight excluding hydrogens is 466 g/mol. The number of carbonyl (C=O) groups is 1. The van der Waals surface area contributed by atoms with Crippen molar-refractivity contribution >= 4 is 22.8 Å². The Hall–Kier alpha value is -4.79. The summed E-state index contributed by atoms with van der Waals surface area (Å²) < 4.78 is 1.82. The first-order chi connectivity index (χ1) is 18.0. The molecule has 0 spiro atoms. The molecule has 4 aromatic heterocycles. The molecule has 9 nitrogen and oxygen atoms in total. The lowest BCUT2D eigenvalue weighted by Crippen LogP contribution is -2.27. The van der Waals surface area contributed by atoms with Crippen LogP contribution >= 0.6 is 0 Å². The molecule has 186 valence electrons. The topological polar surface area (TPSA) is 132 Å². The third kappa shape index (κ3) is 4.97. The summed E-state index contributed by atoms with van der Waals surface area (Å²) in [4.78, 5) is 41.7. The van der Waals surface area contributed by atoms with E-state index < -0.39 is 0 Å². The van der Waals surface area contributed by atoms with Gasteiger partial charge >= 0.3 is 0 Å². The Morgan fingerprint density at radius 3 is 2.62 bits per heavy atom. The van der Waals surface area contributed by atoms with E-state index in [4.69, 9.17) is 10.7 Å². The maximum atomic E-state index is 13.2. The smallest absolute Gasteiger partial charge is 0.224 e. The van der Waals surface area contributed by atoms with Crippen molar-refractivity contribution in [1.29, 1.82) is 0 Å². The second-order valence-corrected chi connectivity index (χ2v) is 8.67. The third-order valence-electron chi connectivity index (χ3n) is 6.27. The van der Waals surface area contributed by atoms with Crippen molar-refractivity contribution in [3.05, 3.63) is 94.7 Å². The Bertz CT molecular complexity index is 1590. The minimum absolute atomic E-state index is 0.0322. The standard InChI is InChI=1S/C28H27N7O2/c1-2-35-26(29)24(27-32-14-15-33-27)25(37)21-9-10-22(34-28(21)35)20-7-5-18(6-8-20)16-23(36)31-13-11-19-4-3-12-30-17-19/h3-10,12,14-15,17H,2,11,13,16,29H2,1H3,(H,31,36)(H,32,33). The minimum Gasteiger partial charge on any atom is -0.384 e. The Balaban J connectivity index is 1.34. The zero-order valence-electron chi connectivity index (χ0n) is 20.4. The van der Waals surface area contributed by atoms with Gasteiger partial charge in [-0.3, -0.25) is 14.6 Å². The number of fused-ring (bicyclic) bond motifs is 1. The van der Waals surface area contributed by atoms with Crippen molar-refractivity contribution in [2.75, 3.05) is 12.3 Å². The van der Waals surface area contributed by atoms with Crippen LogP contribution in [0.15, 0.2) is 78.1 Å². The van der Waals surface area contributed by atoms with Crippen LogP contribution in [0.3, 0.4) is 0 Å². The monoisotopic (exact) mass is 493 g/mol. The first kappa shape index (κ1) is 23.9. The summed E-state index contributed by atoms with van der Waals surface area (Å²) in [6.45, 7) is 3.06. The van der Waals surface area contributed by atoms with Crippen LogP contribution < -0.4 is 16.5 Å². The molecule has 4 N–H and O–H groups in total. The van der Waals surface area contributed by atoms with Crippen LogP contribution in [0.5, 0.6) is 0 Å². The Morgan fingerprint density at radius 2 is 1.92 bits per heavy atom. The summed E-state index contributed by atoms with van der Waals surface area (Å²) in [6, 6.07) is 15.2. The lowest BCUT2D eigenvalue weighted by Gasteiger charge is -2.15. The van der Waals surface area contributed by atoms with Gasteiger partial charge in [-0.2, -0.15) is 0 Å². The number of nitrogens with zero attached hydrogens (tertiary/aromatic N) is 4. The van der Waals surface area contributed by atoms with Gasteiger partial charge in [0.05, 0.1) is 17.5 Å². The highest BCUT2D eigenvalue weighted by molar-refractivity contribution is 5.87. The zero-order chi connectivity index (χ0) is 25.8. The molecule has 5 aromatic rings. The fraction of sp³-hybridized carbons (Fsp3) is 0.179. The van der Waals surface area contributed by atoms with E-state index in [1.807, 2.05) is 54.0 Å². The number of aromatic nitrogens is 5. The molecule has 9 heteroatoms. The first-order valence-corrected chi connectivity index (χ1v) is 12.1. The van der Waals surface area contributed by atoms with E-state index in [1.165, 1.54) is 0 Å². The number of aromatic amines is 1. The molecule has 0 unspecified atom stereocenters. The molecular formula is C28H27N7O2.